The van der Waals surface area contributed by atoms with Crippen molar-refractivity contribution in [1.82, 2.24) is 9.97 Å². The Hall–Kier alpha value is -3.82. The van der Waals surface area contributed by atoms with E-state index in [1.165, 1.54) is 0 Å². The van der Waals surface area contributed by atoms with Crippen molar-refractivity contribution in [1.29, 1.82) is 5.26 Å². The summed E-state index contributed by atoms with van der Waals surface area (Å²) in [5.74, 6) is 1.03. The number of fused-ring (bicyclic) bond motifs is 1. The average molecular weight is 460 g/mol. The summed E-state index contributed by atoms with van der Waals surface area (Å²) >= 11 is 6.21. The van der Waals surface area contributed by atoms with Gasteiger partial charge in [-0.3, -0.25) is 0 Å². The Kier molecular flexibility index (Phi) is 6.62. The van der Waals surface area contributed by atoms with Crippen molar-refractivity contribution < 1.29 is 13.9 Å². The number of aromatic amines is 1. The number of nitrogens with one attached hydrogen (secondary N) is 1. The fourth-order valence-corrected chi connectivity index (χ4v) is 3.55. The zero-order valence-electron chi connectivity index (χ0n) is 18.3. The van der Waals surface area contributed by atoms with Crippen LogP contribution in [0, 0.1) is 18.3 Å². The number of nitriles is 1. The van der Waals surface area contributed by atoms with Crippen LogP contribution in [-0.4, -0.2) is 22.5 Å². The van der Waals surface area contributed by atoms with Crippen molar-refractivity contribution in [2.24, 2.45) is 0 Å². The molecule has 33 heavy (non-hydrogen) atoms. The Morgan fingerprint density at radius 2 is 2.09 bits per heavy atom. The smallest absolute Gasteiger partial charge is 0.339 e. The average Bonchev–Trinajstić information content (AvgIpc) is 3.44. The van der Waals surface area contributed by atoms with Crippen LogP contribution in [0.15, 0.2) is 52.9 Å². The lowest BCUT2D eigenvalue weighted by atomic mass is 10.1. The summed E-state index contributed by atoms with van der Waals surface area (Å²) in [6.07, 6.45) is 3.36. The Bertz CT molecular complexity index is 1390. The number of H-pyrrole nitrogens is 1. The number of furan rings is 1. The van der Waals surface area contributed by atoms with E-state index < -0.39 is 5.97 Å². The molecule has 0 saturated carbocycles. The third-order valence-electron chi connectivity index (χ3n) is 5.13. The van der Waals surface area contributed by atoms with E-state index in [1.54, 1.807) is 36.4 Å². The Balaban J connectivity index is 1.60. The van der Waals surface area contributed by atoms with Crippen LogP contribution in [0.5, 0.6) is 0 Å². The number of carbonyl (C=O) groups excluding carboxylic acids is 1. The van der Waals surface area contributed by atoms with Crippen LogP contribution in [-0.2, 0) is 4.74 Å². The first kappa shape index (κ1) is 22.4. The Morgan fingerprint density at radius 3 is 2.88 bits per heavy atom. The zero-order chi connectivity index (χ0) is 23.4. The number of unbranched alkanes of at least 4 members (excludes halogenated alkanes) is 1. The van der Waals surface area contributed by atoms with Crippen molar-refractivity contribution in [3.63, 3.8) is 0 Å². The molecule has 0 aliphatic rings. The number of rotatable bonds is 7. The summed E-state index contributed by atoms with van der Waals surface area (Å²) in [5.41, 5.74) is 4.07. The summed E-state index contributed by atoms with van der Waals surface area (Å²) in [7, 11) is 0. The SMILES string of the molecule is CCCCOC(=O)c1cc(-c2ccc(C=C(C#N)c3nc4ccc(C)cc4[nH]3)o2)ccc1Cl. The van der Waals surface area contributed by atoms with Crippen LogP contribution in [0.2, 0.25) is 5.02 Å². The summed E-state index contributed by atoms with van der Waals surface area (Å²) in [6.45, 7) is 4.37. The number of ether oxygens (including phenoxy) is 1. The number of benzene rings is 2. The Morgan fingerprint density at radius 1 is 1.24 bits per heavy atom. The van der Waals surface area contributed by atoms with Gasteiger partial charge in [-0.2, -0.15) is 5.26 Å². The first-order chi connectivity index (χ1) is 16.0. The van der Waals surface area contributed by atoms with Gasteiger partial charge in [-0.1, -0.05) is 31.0 Å². The molecule has 0 spiro atoms. The number of hydrogen-bond donors (Lipinski definition) is 1. The van der Waals surface area contributed by atoms with Crippen LogP contribution in [0.3, 0.4) is 0 Å². The fourth-order valence-electron chi connectivity index (χ4n) is 3.35. The van der Waals surface area contributed by atoms with Gasteiger partial charge in [-0.25, -0.2) is 9.78 Å². The Labute approximate surface area is 196 Å². The van der Waals surface area contributed by atoms with E-state index >= 15 is 0 Å². The molecule has 166 valence electrons. The third-order valence-corrected chi connectivity index (χ3v) is 5.46. The normalized spacial score (nSPS) is 11.5. The fraction of sp³-hybridized carbons (Fsp3) is 0.192. The molecule has 0 saturated heterocycles. The maximum absolute atomic E-state index is 12.4. The lowest BCUT2D eigenvalue weighted by Gasteiger charge is -2.07. The third kappa shape index (κ3) is 5.00. The second kappa shape index (κ2) is 9.76. The molecule has 7 heteroatoms. The predicted molar refractivity (Wildman–Crippen MR) is 129 cm³/mol. The number of aryl methyl sites for hydroxylation is 1. The van der Waals surface area contributed by atoms with Gasteiger partial charge in [0.25, 0.3) is 0 Å². The summed E-state index contributed by atoms with van der Waals surface area (Å²) in [4.78, 5) is 20.1. The van der Waals surface area contributed by atoms with Crippen molar-refractivity contribution >= 4 is 40.3 Å². The standard InChI is InChI=1S/C26H22ClN3O3/c1-3-4-11-32-26(31)20-14-17(6-8-21(20)27)24-10-7-19(33-24)13-18(15-28)25-29-22-9-5-16(2)12-23(22)30-25/h5-10,12-14H,3-4,11H2,1-2H3,(H,29,30). The van der Waals surface area contributed by atoms with Gasteiger partial charge in [-0.15, -0.1) is 0 Å². The van der Waals surface area contributed by atoms with E-state index in [2.05, 4.69) is 16.0 Å². The van der Waals surface area contributed by atoms with Crippen molar-refractivity contribution in [3.8, 4) is 17.4 Å². The maximum Gasteiger partial charge on any atom is 0.339 e. The van der Waals surface area contributed by atoms with E-state index in [4.69, 9.17) is 20.8 Å². The first-order valence-electron chi connectivity index (χ1n) is 10.6. The summed E-state index contributed by atoms with van der Waals surface area (Å²) in [5, 5.41) is 9.99. The number of nitrogens with zero attached hydrogens (tertiary/aromatic N) is 2. The molecule has 1 N–H and O–H groups in total. The molecule has 2 aromatic heterocycles. The molecule has 0 fully saturated rings. The number of allylic oxidation sites excluding steroid dienone is 1. The number of carbonyl (C=O) groups is 1. The summed E-state index contributed by atoms with van der Waals surface area (Å²) < 4.78 is 11.2. The minimum atomic E-state index is -0.464. The first-order valence-corrected chi connectivity index (χ1v) is 11.0. The second-order valence-electron chi connectivity index (χ2n) is 7.66. The van der Waals surface area contributed by atoms with Gasteiger partial charge in [0.15, 0.2) is 0 Å². The van der Waals surface area contributed by atoms with Crippen LogP contribution in [0.1, 0.15) is 47.3 Å². The molecule has 4 rings (SSSR count). The highest BCUT2D eigenvalue weighted by molar-refractivity contribution is 6.33. The molecule has 6 nitrogen and oxygen atoms in total. The zero-order valence-corrected chi connectivity index (χ0v) is 19.1. The summed E-state index contributed by atoms with van der Waals surface area (Å²) in [6, 6.07) is 16.6. The van der Waals surface area contributed by atoms with Gasteiger partial charge in [0, 0.05) is 11.6 Å². The van der Waals surface area contributed by atoms with Crippen molar-refractivity contribution in [2.45, 2.75) is 26.7 Å². The van der Waals surface area contributed by atoms with Crippen molar-refractivity contribution in [2.75, 3.05) is 6.61 Å². The molecular weight excluding hydrogens is 438 g/mol. The van der Waals surface area contributed by atoms with Crippen molar-refractivity contribution in [3.05, 3.63) is 76.3 Å². The van der Waals surface area contributed by atoms with Crippen LogP contribution in [0.25, 0.3) is 34.0 Å². The number of hydrogen-bond acceptors (Lipinski definition) is 5. The number of aromatic nitrogens is 2. The van der Waals surface area contributed by atoms with Gasteiger partial charge in [-0.05, 0) is 61.4 Å². The molecule has 0 radical (unpaired) electrons. The highest BCUT2D eigenvalue weighted by Gasteiger charge is 2.15. The molecule has 0 bridgehead atoms. The lowest BCUT2D eigenvalue weighted by Crippen LogP contribution is -2.07. The molecule has 2 aromatic carbocycles. The van der Waals surface area contributed by atoms with Gasteiger partial charge < -0.3 is 14.1 Å². The molecule has 0 amide bonds. The second-order valence-corrected chi connectivity index (χ2v) is 8.07. The quantitative estimate of drug-likeness (QED) is 0.186. The van der Waals surface area contributed by atoms with Crippen LogP contribution < -0.4 is 0 Å². The van der Waals surface area contributed by atoms with Gasteiger partial charge in [0.1, 0.15) is 23.4 Å². The molecule has 4 aromatic rings. The highest BCUT2D eigenvalue weighted by atomic mass is 35.5. The van der Waals surface area contributed by atoms with E-state index in [-0.39, 0.29) is 5.56 Å². The number of esters is 1. The highest BCUT2D eigenvalue weighted by Crippen LogP contribution is 2.29. The maximum atomic E-state index is 12.4. The van der Waals surface area contributed by atoms with Gasteiger partial charge in [0.05, 0.1) is 33.8 Å². The van der Waals surface area contributed by atoms with E-state index in [0.29, 0.717) is 40.1 Å². The molecule has 0 unspecified atom stereocenters. The van der Waals surface area contributed by atoms with E-state index in [9.17, 15) is 10.1 Å². The minimum absolute atomic E-state index is 0.286. The number of halogens is 1. The van der Waals surface area contributed by atoms with E-state index in [0.717, 1.165) is 29.4 Å². The molecule has 0 atom stereocenters. The van der Waals surface area contributed by atoms with Crippen LogP contribution in [0.4, 0.5) is 0 Å². The van der Waals surface area contributed by atoms with Gasteiger partial charge >= 0.3 is 5.97 Å². The number of imidazole rings is 1. The topological polar surface area (TPSA) is 91.9 Å². The predicted octanol–water partition coefficient (Wildman–Crippen LogP) is 6.81. The molecule has 0 aliphatic heterocycles. The monoisotopic (exact) mass is 459 g/mol. The van der Waals surface area contributed by atoms with Crippen LogP contribution >= 0.6 is 11.6 Å². The minimum Gasteiger partial charge on any atom is -0.462 e. The molecule has 2 heterocycles. The molecule has 0 aliphatic carbocycles. The molecular formula is C26H22ClN3O3. The van der Waals surface area contributed by atoms with E-state index in [1.807, 2.05) is 32.0 Å². The largest absolute Gasteiger partial charge is 0.462 e. The lowest BCUT2D eigenvalue weighted by molar-refractivity contribution is 0.0500. The van der Waals surface area contributed by atoms with Gasteiger partial charge in [0.2, 0.25) is 0 Å².